The minimum absolute atomic E-state index is 0.0577. The van der Waals surface area contributed by atoms with Gasteiger partial charge in [0.25, 0.3) is 5.91 Å². The van der Waals surface area contributed by atoms with Crippen molar-refractivity contribution in [1.82, 2.24) is 20.0 Å². The van der Waals surface area contributed by atoms with Gasteiger partial charge in [0, 0.05) is 45.5 Å². The number of carbonyl (C=O) groups excluding carboxylic acids is 3. The number of esters is 1. The van der Waals surface area contributed by atoms with Crippen molar-refractivity contribution in [2.75, 3.05) is 46.4 Å². The van der Waals surface area contributed by atoms with E-state index in [1.807, 2.05) is 46.7 Å². The molecule has 3 heterocycles. The standard InChI is InChI=1S/C28H36N4O4S/c1-5-36-27(34)24-22(18-31-13-7-14-32(16-15-31)26(33)23-8-6-17-37-23)30(4)28(35)29-25(24)21-11-9-20(10-12-21)19(2)3/h6,8-12,17,19,25H,5,7,13-16,18H2,1-4H3,(H,29,35)/t25-/m0/s1. The normalized spacial score (nSPS) is 19.2. The molecule has 0 bridgehead atoms. The number of nitrogens with zero attached hydrogens (tertiary/aromatic N) is 3. The Hall–Kier alpha value is -3.17. The molecule has 1 atom stereocenters. The molecule has 4 rings (SSSR count). The van der Waals surface area contributed by atoms with E-state index in [-0.39, 0.29) is 18.5 Å². The first kappa shape index (κ1) is 26.9. The van der Waals surface area contributed by atoms with E-state index in [0.717, 1.165) is 23.4 Å². The fraction of sp³-hybridized carbons (Fsp3) is 0.464. The van der Waals surface area contributed by atoms with Gasteiger partial charge in [0.2, 0.25) is 0 Å². The Labute approximate surface area is 222 Å². The molecule has 0 unspecified atom stereocenters. The molecule has 9 heteroatoms. The molecule has 8 nitrogen and oxygen atoms in total. The van der Waals surface area contributed by atoms with Gasteiger partial charge in [-0.1, -0.05) is 44.2 Å². The maximum atomic E-state index is 13.3. The lowest BCUT2D eigenvalue weighted by Gasteiger charge is -2.36. The number of ether oxygens (including phenoxy) is 1. The third-order valence-corrected chi connectivity index (χ3v) is 7.85. The lowest BCUT2D eigenvalue weighted by Crippen LogP contribution is -2.49. The number of rotatable bonds is 7. The van der Waals surface area contributed by atoms with E-state index in [0.29, 0.717) is 43.4 Å². The first-order valence-electron chi connectivity index (χ1n) is 12.9. The van der Waals surface area contributed by atoms with Crippen molar-refractivity contribution in [3.63, 3.8) is 0 Å². The van der Waals surface area contributed by atoms with Gasteiger partial charge in [0.15, 0.2) is 0 Å². The Kier molecular flexibility index (Phi) is 8.66. The van der Waals surface area contributed by atoms with Crippen LogP contribution in [0.15, 0.2) is 53.0 Å². The summed E-state index contributed by atoms with van der Waals surface area (Å²) in [5.41, 5.74) is 3.13. The molecule has 0 radical (unpaired) electrons. The third-order valence-electron chi connectivity index (χ3n) is 6.99. The average Bonchev–Trinajstić information content (AvgIpc) is 3.33. The van der Waals surface area contributed by atoms with Crippen LogP contribution >= 0.6 is 11.3 Å². The van der Waals surface area contributed by atoms with Gasteiger partial charge in [-0.3, -0.25) is 14.6 Å². The van der Waals surface area contributed by atoms with Gasteiger partial charge < -0.3 is 15.0 Å². The van der Waals surface area contributed by atoms with Gasteiger partial charge in [-0.15, -0.1) is 11.3 Å². The zero-order valence-electron chi connectivity index (χ0n) is 22.0. The predicted molar refractivity (Wildman–Crippen MR) is 145 cm³/mol. The van der Waals surface area contributed by atoms with Crippen molar-refractivity contribution in [2.45, 2.75) is 39.2 Å². The van der Waals surface area contributed by atoms with Gasteiger partial charge in [0.1, 0.15) is 0 Å². The maximum absolute atomic E-state index is 13.3. The number of thiophene rings is 1. The van der Waals surface area contributed by atoms with Gasteiger partial charge in [0.05, 0.1) is 23.1 Å². The fourth-order valence-electron chi connectivity index (χ4n) is 4.82. The second-order valence-corrected chi connectivity index (χ2v) is 10.7. The van der Waals surface area contributed by atoms with Gasteiger partial charge in [-0.25, -0.2) is 9.59 Å². The molecular weight excluding hydrogens is 488 g/mol. The molecule has 198 valence electrons. The first-order valence-corrected chi connectivity index (χ1v) is 13.8. The number of urea groups is 1. The van der Waals surface area contributed by atoms with Crippen LogP contribution in [0.3, 0.4) is 0 Å². The number of hydrogen-bond acceptors (Lipinski definition) is 6. The van der Waals surface area contributed by atoms with E-state index in [2.05, 4.69) is 24.1 Å². The highest BCUT2D eigenvalue weighted by Gasteiger charge is 2.37. The minimum Gasteiger partial charge on any atom is -0.463 e. The van der Waals surface area contributed by atoms with E-state index in [1.165, 1.54) is 21.8 Å². The zero-order chi connectivity index (χ0) is 26.5. The lowest BCUT2D eigenvalue weighted by molar-refractivity contribution is -0.139. The van der Waals surface area contributed by atoms with Gasteiger partial charge in [-0.05, 0) is 41.8 Å². The predicted octanol–water partition coefficient (Wildman–Crippen LogP) is 4.23. The molecule has 1 saturated heterocycles. The van der Waals surface area contributed by atoms with E-state index in [1.54, 1.807) is 14.0 Å². The van der Waals surface area contributed by atoms with E-state index < -0.39 is 12.0 Å². The lowest BCUT2D eigenvalue weighted by atomic mass is 9.92. The van der Waals surface area contributed by atoms with Crippen LogP contribution in [0.4, 0.5) is 4.79 Å². The highest BCUT2D eigenvalue weighted by molar-refractivity contribution is 7.12. The fourth-order valence-corrected chi connectivity index (χ4v) is 5.51. The zero-order valence-corrected chi connectivity index (χ0v) is 22.8. The molecule has 37 heavy (non-hydrogen) atoms. The largest absolute Gasteiger partial charge is 0.463 e. The third kappa shape index (κ3) is 6.05. The SMILES string of the molecule is CCOC(=O)C1=C(CN2CCCN(C(=O)c3cccs3)CC2)N(C)C(=O)N[C@H]1c1ccc(C(C)C)cc1. The Morgan fingerprint density at radius 3 is 2.51 bits per heavy atom. The smallest absolute Gasteiger partial charge is 0.338 e. The molecule has 1 fully saturated rings. The van der Waals surface area contributed by atoms with Crippen molar-refractivity contribution in [1.29, 1.82) is 0 Å². The molecular formula is C28H36N4O4S. The van der Waals surface area contributed by atoms with Crippen LogP contribution in [0.25, 0.3) is 0 Å². The molecule has 2 aromatic rings. The van der Waals surface area contributed by atoms with Crippen LogP contribution in [0.5, 0.6) is 0 Å². The van der Waals surface area contributed by atoms with Crippen molar-refractivity contribution < 1.29 is 19.1 Å². The highest BCUT2D eigenvalue weighted by atomic mass is 32.1. The van der Waals surface area contributed by atoms with Crippen LogP contribution in [0, 0.1) is 0 Å². The van der Waals surface area contributed by atoms with Crippen LogP contribution in [0.2, 0.25) is 0 Å². The van der Waals surface area contributed by atoms with Crippen molar-refractivity contribution >= 4 is 29.2 Å². The van der Waals surface area contributed by atoms with Crippen molar-refractivity contribution in [3.05, 3.63) is 69.1 Å². The molecule has 2 aliphatic heterocycles. The molecule has 3 amide bonds. The maximum Gasteiger partial charge on any atom is 0.338 e. The van der Waals surface area contributed by atoms with E-state index in [4.69, 9.17) is 4.74 Å². The highest BCUT2D eigenvalue weighted by Crippen LogP contribution is 2.32. The summed E-state index contributed by atoms with van der Waals surface area (Å²) in [6.07, 6.45) is 0.815. The summed E-state index contributed by atoms with van der Waals surface area (Å²) in [6.45, 7) is 9.39. The van der Waals surface area contributed by atoms with Crippen LogP contribution in [0.1, 0.15) is 60.0 Å². The summed E-state index contributed by atoms with van der Waals surface area (Å²) in [5.74, 6) is 0.0139. The second-order valence-electron chi connectivity index (χ2n) is 9.74. The Balaban J connectivity index is 1.61. The molecule has 0 saturated carbocycles. The molecule has 1 aromatic heterocycles. The Morgan fingerprint density at radius 2 is 1.86 bits per heavy atom. The van der Waals surface area contributed by atoms with Crippen LogP contribution in [-0.2, 0) is 9.53 Å². The number of carbonyl (C=O) groups is 3. The van der Waals surface area contributed by atoms with E-state index >= 15 is 0 Å². The van der Waals surface area contributed by atoms with Crippen molar-refractivity contribution in [3.8, 4) is 0 Å². The number of amides is 3. The molecule has 1 aromatic carbocycles. The Bertz CT molecular complexity index is 1140. The number of likely N-dealkylation sites (N-methyl/N-ethyl adjacent to an activating group) is 1. The number of hydrogen-bond donors (Lipinski definition) is 1. The molecule has 0 aliphatic carbocycles. The first-order chi connectivity index (χ1) is 17.8. The summed E-state index contributed by atoms with van der Waals surface area (Å²) < 4.78 is 5.47. The van der Waals surface area contributed by atoms with E-state index in [9.17, 15) is 14.4 Å². The monoisotopic (exact) mass is 524 g/mol. The number of nitrogens with one attached hydrogen (secondary N) is 1. The van der Waals surface area contributed by atoms with Gasteiger partial charge in [-0.2, -0.15) is 0 Å². The van der Waals surface area contributed by atoms with Crippen molar-refractivity contribution in [2.24, 2.45) is 0 Å². The number of benzene rings is 1. The summed E-state index contributed by atoms with van der Waals surface area (Å²) in [5, 5.41) is 4.91. The molecule has 1 N–H and O–H groups in total. The topological polar surface area (TPSA) is 82.2 Å². The quantitative estimate of drug-likeness (QED) is 0.548. The molecule has 0 spiro atoms. The summed E-state index contributed by atoms with van der Waals surface area (Å²) >= 11 is 1.46. The molecule has 2 aliphatic rings. The van der Waals surface area contributed by atoms with Crippen LogP contribution < -0.4 is 5.32 Å². The summed E-state index contributed by atoms with van der Waals surface area (Å²) in [6, 6.07) is 10.9. The van der Waals surface area contributed by atoms with Gasteiger partial charge >= 0.3 is 12.0 Å². The van der Waals surface area contributed by atoms with Crippen LogP contribution in [-0.4, -0.2) is 79.0 Å². The second kappa shape index (κ2) is 11.9. The Morgan fingerprint density at radius 1 is 1.11 bits per heavy atom. The summed E-state index contributed by atoms with van der Waals surface area (Å²) in [4.78, 5) is 45.5. The summed E-state index contributed by atoms with van der Waals surface area (Å²) in [7, 11) is 1.69. The minimum atomic E-state index is -0.595. The average molecular weight is 525 g/mol.